The second kappa shape index (κ2) is 8.36. The molecule has 30 heavy (non-hydrogen) atoms. The van der Waals surface area contributed by atoms with Gasteiger partial charge in [-0.3, -0.25) is 25.2 Å². The average Bonchev–Trinajstić information content (AvgIpc) is 3.17. The van der Waals surface area contributed by atoms with Gasteiger partial charge in [0.2, 0.25) is 5.95 Å². The summed E-state index contributed by atoms with van der Waals surface area (Å²) < 4.78 is 1.47. The molecule has 0 aliphatic carbocycles. The number of benzene rings is 2. The van der Waals surface area contributed by atoms with Crippen LogP contribution in [0.15, 0.2) is 79.1 Å². The van der Waals surface area contributed by atoms with Crippen LogP contribution in [-0.4, -0.2) is 31.6 Å². The standard InChI is InChI=1S/C22H18N6O2/c1-15-7-5-6-10-18(15)20(30)25-22-26-21(24-19(29)16-11-13-23-14-12-16)27-28(22)17-8-3-2-4-9-17/h2-14H,1H3,(H2,24,25,26,27,29,30). The zero-order chi connectivity index (χ0) is 20.9. The fourth-order valence-corrected chi connectivity index (χ4v) is 2.87. The Morgan fingerprint density at radius 2 is 1.53 bits per heavy atom. The first kappa shape index (κ1) is 19.0. The molecule has 0 atom stereocenters. The van der Waals surface area contributed by atoms with Gasteiger partial charge in [-0.1, -0.05) is 36.4 Å². The van der Waals surface area contributed by atoms with Crippen LogP contribution in [0.2, 0.25) is 0 Å². The Labute approximate surface area is 172 Å². The first-order valence-corrected chi connectivity index (χ1v) is 9.22. The molecule has 4 aromatic rings. The minimum Gasteiger partial charge on any atom is -0.290 e. The molecule has 8 heteroatoms. The van der Waals surface area contributed by atoms with E-state index < -0.39 is 0 Å². The lowest BCUT2D eigenvalue weighted by molar-refractivity contribution is 0.101. The number of aryl methyl sites for hydroxylation is 1. The summed E-state index contributed by atoms with van der Waals surface area (Å²) in [5, 5.41) is 9.80. The highest BCUT2D eigenvalue weighted by Gasteiger charge is 2.18. The first-order valence-electron chi connectivity index (χ1n) is 9.22. The topological polar surface area (TPSA) is 102 Å². The summed E-state index contributed by atoms with van der Waals surface area (Å²) in [4.78, 5) is 33.4. The van der Waals surface area contributed by atoms with E-state index in [2.05, 4.69) is 25.7 Å². The van der Waals surface area contributed by atoms with Gasteiger partial charge in [0.15, 0.2) is 0 Å². The number of nitrogens with zero attached hydrogens (tertiary/aromatic N) is 4. The SMILES string of the molecule is Cc1ccccc1C(=O)Nc1nc(NC(=O)c2ccncc2)nn1-c1ccccc1. The maximum absolute atomic E-state index is 12.8. The molecule has 0 radical (unpaired) electrons. The van der Waals surface area contributed by atoms with Gasteiger partial charge in [0.25, 0.3) is 17.8 Å². The molecule has 4 rings (SSSR count). The molecule has 0 bridgehead atoms. The number of anilines is 2. The van der Waals surface area contributed by atoms with Gasteiger partial charge in [-0.15, -0.1) is 5.10 Å². The summed E-state index contributed by atoms with van der Waals surface area (Å²) in [6.07, 6.45) is 3.05. The molecule has 0 saturated heterocycles. The number of nitrogens with one attached hydrogen (secondary N) is 2. The molecule has 8 nitrogen and oxygen atoms in total. The van der Waals surface area contributed by atoms with E-state index in [1.54, 1.807) is 24.3 Å². The molecule has 0 aliphatic rings. The molecular weight excluding hydrogens is 380 g/mol. The van der Waals surface area contributed by atoms with Crippen molar-refractivity contribution in [1.82, 2.24) is 19.7 Å². The van der Waals surface area contributed by atoms with Crippen molar-refractivity contribution < 1.29 is 9.59 Å². The number of para-hydroxylation sites is 1. The third-order valence-corrected chi connectivity index (χ3v) is 4.39. The summed E-state index contributed by atoms with van der Waals surface area (Å²) >= 11 is 0. The lowest BCUT2D eigenvalue weighted by atomic mass is 10.1. The fraction of sp³-hybridized carbons (Fsp3) is 0.0455. The molecule has 0 saturated carbocycles. The summed E-state index contributed by atoms with van der Waals surface area (Å²) in [6, 6.07) is 19.6. The fourth-order valence-electron chi connectivity index (χ4n) is 2.87. The Bertz CT molecular complexity index is 1190. The van der Waals surface area contributed by atoms with Crippen LogP contribution in [0.25, 0.3) is 5.69 Å². The van der Waals surface area contributed by atoms with Gasteiger partial charge in [0, 0.05) is 23.5 Å². The maximum Gasteiger partial charge on any atom is 0.258 e. The van der Waals surface area contributed by atoms with E-state index in [-0.39, 0.29) is 23.7 Å². The molecule has 0 spiro atoms. The predicted octanol–water partition coefficient (Wildman–Crippen LogP) is 3.48. The smallest absolute Gasteiger partial charge is 0.258 e. The molecule has 2 aromatic heterocycles. The monoisotopic (exact) mass is 398 g/mol. The normalized spacial score (nSPS) is 10.4. The van der Waals surface area contributed by atoms with Crippen LogP contribution in [0.5, 0.6) is 0 Å². The molecule has 2 heterocycles. The van der Waals surface area contributed by atoms with E-state index in [4.69, 9.17) is 0 Å². The van der Waals surface area contributed by atoms with Crippen LogP contribution in [0.1, 0.15) is 26.3 Å². The molecular formula is C22H18N6O2. The van der Waals surface area contributed by atoms with Crippen LogP contribution in [0.4, 0.5) is 11.9 Å². The lowest BCUT2D eigenvalue weighted by Gasteiger charge is -2.08. The first-order chi connectivity index (χ1) is 14.6. The van der Waals surface area contributed by atoms with Gasteiger partial charge in [0.1, 0.15) is 0 Å². The van der Waals surface area contributed by atoms with Crippen molar-refractivity contribution in [3.05, 3.63) is 95.8 Å². The van der Waals surface area contributed by atoms with Gasteiger partial charge < -0.3 is 0 Å². The summed E-state index contributed by atoms with van der Waals surface area (Å²) in [5.41, 5.74) is 2.48. The number of hydrogen-bond acceptors (Lipinski definition) is 5. The van der Waals surface area contributed by atoms with E-state index in [1.807, 2.05) is 49.4 Å². The Kier molecular flexibility index (Phi) is 5.29. The zero-order valence-electron chi connectivity index (χ0n) is 16.1. The van der Waals surface area contributed by atoms with E-state index in [0.717, 1.165) is 5.56 Å². The third-order valence-electron chi connectivity index (χ3n) is 4.39. The van der Waals surface area contributed by atoms with Crippen LogP contribution < -0.4 is 10.6 Å². The molecule has 148 valence electrons. The highest BCUT2D eigenvalue weighted by atomic mass is 16.2. The second-order valence-corrected chi connectivity index (χ2v) is 6.47. The Balaban J connectivity index is 1.65. The van der Waals surface area contributed by atoms with Crippen molar-refractivity contribution in [3.63, 3.8) is 0 Å². The van der Waals surface area contributed by atoms with Gasteiger partial charge in [-0.05, 0) is 42.8 Å². The van der Waals surface area contributed by atoms with E-state index in [9.17, 15) is 9.59 Å². The van der Waals surface area contributed by atoms with Crippen LogP contribution in [0, 0.1) is 6.92 Å². The van der Waals surface area contributed by atoms with Crippen molar-refractivity contribution in [2.45, 2.75) is 6.92 Å². The number of amides is 2. The third kappa shape index (κ3) is 4.07. The van der Waals surface area contributed by atoms with Crippen molar-refractivity contribution in [3.8, 4) is 5.69 Å². The molecule has 2 N–H and O–H groups in total. The van der Waals surface area contributed by atoms with Gasteiger partial charge in [-0.2, -0.15) is 9.67 Å². The van der Waals surface area contributed by atoms with E-state index >= 15 is 0 Å². The van der Waals surface area contributed by atoms with Crippen LogP contribution in [0.3, 0.4) is 0 Å². The summed E-state index contributed by atoms with van der Waals surface area (Å²) in [7, 11) is 0. The second-order valence-electron chi connectivity index (χ2n) is 6.47. The van der Waals surface area contributed by atoms with Crippen molar-refractivity contribution >= 4 is 23.7 Å². The molecule has 0 aliphatic heterocycles. The molecule has 2 aromatic carbocycles. The van der Waals surface area contributed by atoms with Crippen molar-refractivity contribution in [2.75, 3.05) is 10.6 Å². The van der Waals surface area contributed by atoms with Crippen LogP contribution >= 0.6 is 0 Å². The maximum atomic E-state index is 12.8. The van der Waals surface area contributed by atoms with Crippen molar-refractivity contribution in [2.24, 2.45) is 0 Å². The number of hydrogen-bond donors (Lipinski definition) is 2. The van der Waals surface area contributed by atoms with E-state index in [0.29, 0.717) is 16.8 Å². The largest absolute Gasteiger partial charge is 0.290 e. The molecule has 0 fully saturated rings. The average molecular weight is 398 g/mol. The lowest BCUT2D eigenvalue weighted by Crippen LogP contribution is -2.17. The van der Waals surface area contributed by atoms with Crippen LogP contribution in [-0.2, 0) is 0 Å². The van der Waals surface area contributed by atoms with Gasteiger partial charge in [0.05, 0.1) is 5.69 Å². The highest BCUT2D eigenvalue weighted by molar-refractivity contribution is 6.05. The minimum atomic E-state index is -0.376. The number of aromatic nitrogens is 4. The van der Waals surface area contributed by atoms with Crippen molar-refractivity contribution in [1.29, 1.82) is 0 Å². The Morgan fingerprint density at radius 1 is 0.833 bits per heavy atom. The summed E-state index contributed by atoms with van der Waals surface area (Å²) in [5.74, 6) is -0.427. The highest BCUT2D eigenvalue weighted by Crippen LogP contribution is 2.18. The number of rotatable bonds is 5. The van der Waals surface area contributed by atoms with Gasteiger partial charge >= 0.3 is 0 Å². The predicted molar refractivity (Wildman–Crippen MR) is 113 cm³/mol. The number of pyridine rings is 1. The number of carbonyl (C=O) groups excluding carboxylic acids is 2. The number of carbonyl (C=O) groups is 2. The molecule has 2 amide bonds. The summed E-state index contributed by atoms with van der Waals surface area (Å²) in [6.45, 7) is 1.86. The van der Waals surface area contributed by atoms with Gasteiger partial charge in [-0.25, -0.2) is 0 Å². The molecule has 0 unspecified atom stereocenters. The Morgan fingerprint density at radius 3 is 2.27 bits per heavy atom. The van der Waals surface area contributed by atoms with E-state index in [1.165, 1.54) is 17.1 Å². The minimum absolute atomic E-state index is 0.0701. The Hall–Kier alpha value is -4.33. The zero-order valence-corrected chi connectivity index (χ0v) is 16.1. The quantitative estimate of drug-likeness (QED) is 0.536.